The van der Waals surface area contributed by atoms with E-state index >= 15 is 0 Å². The van der Waals surface area contributed by atoms with Gasteiger partial charge in [0.05, 0.1) is 13.3 Å². The molecular formula is C14H18N2OS. The number of imidazole rings is 1. The lowest BCUT2D eigenvalue weighted by molar-refractivity contribution is 0.417. The Labute approximate surface area is 112 Å². The molecule has 18 heavy (non-hydrogen) atoms. The van der Waals surface area contributed by atoms with Crippen molar-refractivity contribution in [1.82, 2.24) is 9.38 Å². The fraction of sp³-hybridized carbons (Fsp3) is 0.500. The van der Waals surface area contributed by atoms with Gasteiger partial charge in [-0.15, -0.1) is 0 Å². The molecule has 2 aromatic heterocycles. The van der Waals surface area contributed by atoms with E-state index in [0.29, 0.717) is 0 Å². The van der Waals surface area contributed by atoms with Crippen LogP contribution in [0.1, 0.15) is 18.7 Å². The monoisotopic (exact) mass is 262 g/mol. The molecule has 1 aliphatic rings. The largest absolute Gasteiger partial charge is 0.494 e. The van der Waals surface area contributed by atoms with Crippen LogP contribution in [0.2, 0.25) is 0 Å². The van der Waals surface area contributed by atoms with Crippen molar-refractivity contribution in [2.75, 3.05) is 18.6 Å². The van der Waals surface area contributed by atoms with Crippen LogP contribution in [0.15, 0.2) is 24.5 Å². The topological polar surface area (TPSA) is 26.5 Å². The van der Waals surface area contributed by atoms with Crippen LogP contribution < -0.4 is 4.74 Å². The van der Waals surface area contributed by atoms with E-state index in [-0.39, 0.29) is 0 Å². The number of thioether (sulfide) groups is 1. The lowest BCUT2D eigenvalue weighted by Gasteiger charge is -2.20. The minimum Gasteiger partial charge on any atom is -0.494 e. The van der Waals surface area contributed by atoms with Crippen molar-refractivity contribution in [2.24, 2.45) is 5.92 Å². The van der Waals surface area contributed by atoms with Gasteiger partial charge in [-0.3, -0.25) is 0 Å². The van der Waals surface area contributed by atoms with Gasteiger partial charge in [0.15, 0.2) is 0 Å². The van der Waals surface area contributed by atoms with Gasteiger partial charge >= 0.3 is 0 Å². The highest BCUT2D eigenvalue weighted by Crippen LogP contribution is 2.27. The van der Waals surface area contributed by atoms with Gasteiger partial charge in [-0.05, 0) is 42.4 Å². The maximum atomic E-state index is 5.37. The first-order chi connectivity index (χ1) is 8.88. The SMILES string of the molecule is COc1cccn2c(CC3CCCSC3)ncc12. The molecule has 0 bridgehead atoms. The molecule has 96 valence electrons. The Bertz CT molecular complexity index is 532. The summed E-state index contributed by atoms with van der Waals surface area (Å²) < 4.78 is 7.53. The van der Waals surface area contributed by atoms with Crippen LogP contribution in [0.4, 0.5) is 0 Å². The van der Waals surface area contributed by atoms with E-state index in [0.717, 1.165) is 29.4 Å². The van der Waals surface area contributed by atoms with Gasteiger partial charge in [0, 0.05) is 12.6 Å². The number of hydrogen-bond donors (Lipinski definition) is 0. The molecule has 0 spiro atoms. The Kier molecular flexibility index (Phi) is 3.46. The summed E-state index contributed by atoms with van der Waals surface area (Å²) in [6, 6.07) is 4.00. The van der Waals surface area contributed by atoms with E-state index in [2.05, 4.69) is 27.3 Å². The van der Waals surface area contributed by atoms with Gasteiger partial charge in [-0.25, -0.2) is 4.98 Å². The van der Waals surface area contributed by atoms with E-state index in [9.17, 15) is 0 Å². The van der Waals surface area contributed by atoms with Crippen LogP contribution in [0.25, 0.3) is 5.52 Å². The highest BCUT2D eigenvalue weighted by molar-refractivity contribution is 7.99. The van der Waals surface area contributed by atoms with Crippen molar-refractivity contribution < 1.29 is 4.74 Å². The molecule has 1 fully saturated rings. The molecule has 0 radical (unpaired) electrons. The summed E-state index contributed by atoms with van der Waals surface area (Å²) in [5.74, 6) is 5.44. The maximum absolute atomic E-state index is 5.37. The van der Waals surface area contributed by atoms with Crippen molar-refractivity contribution in [3.05, 3.63) is 30.4 Å². The number of aromatic nitrogens is 2. The molecule has 0 amide bonds. The highest BCUT2D eigenvalue weighted by atomic mass is 32.2. The molecule has 3 nitrogen and oxygen atoms in total. The minimum atomic E-state index is 0.778. The van der Waals surface area contributed by atoms with Crippen LogP contribution >= 0.6 is 11.8 Å². The van der Waals surface area contributed by atoms with Crippen LogP contribution in [-0.2, 0) is 6.42 Å². The van der Waals surface area contributed by atoms with Crippen molar-refractivity contribution in [2.45, 2.75) is 19.3 Å². The Balaban J connectivity index is 1.88. The first-order valence-corrected chi connectivity index (χ1v) is 7.60. The van der Waals surface area contributed by atoms with E-state index in [1.54, 1.807) is 7.11 Å². The summed E-state index contributed by atoms with van der Waals surface area (Å²) >= 11 is 2.08. The summed E-state index contributed by atoms with van der Waals surface area (Å²) in [6.45, 7) is 0. The molecule has 3 heterocycles. The zero-order chi connectivity index (χ0) is 12.4. The van der Waals surface area contributed by atoms with Gasteiger partial charge in [0.25, 0.3) is 0 Å². The van der Waals surface area contributed by atoms with Crippen molar-refractivity contribution in [1.29, 1.82) is 0 Å². The first-order valence-electron chi connectivity index (χ1n) is 6.45. The summed E-state index contributed by atoms with van der Waals surface area (Å²) in [5.41, 5.74) is 1.07. The predicted molar refractivity (Wildman–Crippen MR) is 75.5 cm³/mol. The molecule has 3 rings (SSSR count). The van der Waals surface area contributed by atoms with Crippen molar-refractivity contribution >= 4 is 17.3 Å². The third-order valence-corrected chi connectivity index (χ3v) is 4.84. The second kappa shape index (κ2) is 5.22. The number of rotatable bonds is 3. The molecule has 2 aromatic rings. The molecular weight excluding hydrogens is 244 g/mol. The molecule has 4 heteroatoms. The third-order valence-electron chi connectivity index (χ3n) is 3.55. The third kappa shape index (κ3) is 2.21. The Morgan fingerprint density at radius 2 is 2.50 bits per heavy atom. The van der Waals surface area contributed by atoms with E-state index in [1.165, 1.54) is 24.3 Å². The number of pyridine rings is 1. The molecule has 1 aliphatic heterocycles. The van der Waals surface area contributed by atoms with Gasteiger partial charge in [-0.1, -0.05) is 0 Å². The Hall–Kier alpha value is -1.16. The first kappa shape index (κ1) is 11.9. The van der Waals surface area contributed by atoms with Crippen molar-refractivity contribution in [3.8, 4) is 5.75 Å². The summed E-state index contributed by atoms with van der Waals surface area (Å²) in [4.78, 5) is 4.57. The average molecular weight is 262 g/mol. The lowest BCUT2D eigenvalue weighted by atomic mass is 10.0. The normalized spacial score (nSPS) is 20.2. The Morgan fingerprint density at radius 1 is 1.56 bits per heavy atom. The summed E-state index contributed by atoms with van der Waals surface area (Å²) in [6.07, 6.45) is 7.77. The van der Waals surface area contributed by atoms with E-state index in [1.807, 2.05) is 18.3 Å². The van der Waals surface area contributed by atoms with Gasteiger partial charge in [0.1, 0.15) is 17.1 Å². The maximum Gasteiger partial charge on any atom is 0.144 e. The van der Waals surface area contributed by atoms with Crippen LogP contribution in [0, 0.1) is 5.92 Å². The molecule has 0 N–H and O–H groups in total. The van der Waals surface area contributed by atoms with Gasteiger partial charge < -0.3 is 9.14 Å². The fourth-order valence-electron chi connectivity index (χ4n) is 2.60. The van der Waals surface area contributed by atoms with Crippen LogP contribution in [0.5, 0.6) is 5.75 Å². The number of ether oxygens (including phenoxy) is 1. The molecule has 1 atom stereocenters. The zero-order valence-electron chi connectivity index (χ0n) is 10.6. The quantitative estimate of drug-likeness (QED) is 0.850. The molecule has 0 aliphatic carbocycles. The molecule has 0 aromatic carbocycles. The molecule has 1 unspecified atom stereocenters. The van der Waals surface area contributed by atoms with Crippen LogP contribution in [-0.4, -0.2) is 28.0 Å². The second-order valence-corrected chi connectivity index (χ2v) is 5.94. The summed E-state index contributed by atoms with van der Waals surface area (Å²) in [5, 5.41) is 0. The summed E-state index contributed by atoms with van der Waals surface area (Å²) in [7, 11) is 1.71. The minimum absolute atomic E-state index is 0.778. The van der Waals surface area contributed by atoms with E-state index < -0.39 is 0 Å². The van der Waals surface area contributed by atoms with E-state index in [4.69, 9.17) is 4.74 Å². The standard InChI is InChI=1S/C14H18N2OS/c1-17-13-5-2-6-16-12(13)9-15-14(16)8-11-4-3-7-18-10-11/h2,5-6,9,11H,3-4,7-8,10H2,1H3. The average Bonchev–Trinajstić information content (AvgIpc) is 2.83. The number of hydrogen-bond acceptors (Lipinski definition) is 3. The van der Waals surface area contributed by atoms with Gasteiger partial charge in [-0.2, -0.15) is 11.8 Å². The number of fused-ring (bicyclic) bond motifs is 1. The fourth-order valence-corrected chi connectivity index (χ4v) is 3.76. The lowest BCUT2D eigenvalue weighted by Crippen LogP contribution is -2.14. The van der Waals surface area contributed by atoms with Crippen molar-refractivity contribution in [3.63, 3.8) is 0 Å². The smallest absolute Gasteiger partial charge is 0.144 e. The number of methoxy groups -OCH3 is 1. The second-order valence-electron chi connectivity index (χ2n) is 4.79. The van der Waals surface area contributed by atoms with Gasteiger partial charge in [0.2, 0.25) is 0 Å². The Morgan fingerprint density at radius 3 is 3.28 bits per heavy atom. The predicted octanol–water partition coefficient (Wildman–Crippen LogP) is 3.03. The number of nitrogens with zero attached hydrogens (tertiary/aromatic N) is 2. The van der Waals surface area contributed by atoms with Crippen LogP contribution in [0.3, 0.4) is 0 Å². The molecule has 0 saturated carbocycles. The highest BCUT2D eigenvalue weighted by Gasteiger charge is 2.17. The molecule has 1 saturated heterocycles. The zero-order valence-corrected chi connectivity index (χ0v) is 11.4.